The number of nitrogens with one attached hydrogen (secondary N) is 1. The normalized spacial score (nSPS) is 10.7. The van der Waals surface area contributed by atoms with Crippen molar-refractivity contribution in [2.75, 3.05) is 13.2 Å². The van der Waals surface area contributed by atoms with Gasteiger partial charge in [0.1, 0.15) is 0 Å². The Morgan fingerprint density at radius 1 is 1.29 bits per heavy atom. The number of para-hydroxylation sites is 1. The van der Waals surface area contributed by atoms with Gasteiger partial charge in [0, 0.05) is 24.8 Å². The van der Waals surface area contributed by atoms with E-state index in [0.717, 1.165) is 23.5 Å². The first-order valence-electron chi connectivity index (χ1n) is 5.73. The van der Waals surface area contributed by atoms with Crippen LogP contribution in [0.2, 0.25) is 0 Å². The van der Waals surface area contributed by atoms with Crippen molar-refractivity contribution in [2.45, 2.75) is 13.5 Å². The summed E-state index contributed by atoms with van der Waals surface area (Å²) < 4.78 is 1.88. The quantitative estimate of drug-likeness (QED) is 0.762. The summed E-state index contributed by atoms with van der Waals surface area (Å²) in [5.74, 6) is 0. The Balaban J connectivity index is 2.13. The monoisotopic (exact) mass is 231 g/mol. The molecule has 0 fully saturated rings. The summed E-state index contributed by atoms with van der Waals surface area (Å²) in [4.78, 5) is 0. The predicted molar refractivity (Wildman–Crippen MR) is 67.1 cm³/mol. The summed E-state index contributed by atoms with van der Waals surface area (Å²) in [6, 6.07) is 10.0. The lowest BCUT2D eigenvalue weighted by atomic mass is 10.2. The second kappa shape index (κ2) is 5.61. The highest BCUT2D eigenvalue weighted by Crippen LogP contribution is 2.11. The highest BCUT2D eigenvalue weighted by atomic mass is 16.3. The van der Waals surface area contributed by atoms with E-state index >= 15 is 0 Å². The fourth-order valence-electron chi connectivity index (χ4n) is 1.68. The molecule has 0 aliphatic heterocycles. The number of aliphatic hydroxyl groups excluding tert-OH is 1. The molecule has 90 valence electrons. The molecule has 1 aromatic carbocycles. The second-order valence-electron chi connectivity index (χ2n) is 3.92. The van der Waals surface area contributed by atoms with Crippen LogP contribution < -0.4 is 5.32 Å². The van der Waals surface area contributed by atoms with E-state index < -0.39 is 0 Å². The Morgan fingerprint density at radius 2 is 2.06 bits per heavy atom. The zero-order valence-electron chi connectivity index (χ0n) is 9.93. The van der Waals surface area contributed by atoms with Gasteiger partial charge in [0.25, 0.3) is 0 Å². The Labute approximate surface area is 101 Å². The molecule has 1 heterocycles. The van der Waals surface area contributed by atoms with E-state index in [0.29, 0.717) is 6.54 Å². The lowest BCUT2D eigenvalue weighted by Crippen LogP contribution is -2.17. The smallest absolute Gasteiger partial charge is 0.0645 e. The van der Waals surface area contributed by atoms with Crippen molar-refractivity contribution in [3.63, 3.8) is 0 Å². The molecule has 0 spiro atoms. The molecular formula is C13H17N3O. The fraction of sp³-hybridized carbons (Fsp3) is 0.308. The van der Waals surface area contributed by atoms with Gasteiger partial charge in [0.15, 0.2) is 0 Å². The van der Waals surface area contributed by atoms with Crippen LogP contribution in [0.4, 0.5) is 0 Å². The van der Waals surface area contributed by atoms with Crippen LogP contribution in [0.25, 0.3) is 5.69 Å². The lowest BCUT2D eigenvalue weighted by Gasteiger charge is -2.00. The zero-order valence-corrected chi connectivity index (χ0v) is 9.93. The highest BCUT2D eigenvalue weighted by Gasteiger charge is 2.05. The van der Waals surface area contributed by atoms with Gasteiger partial charge in [0.2, 0.25) is 0 Å². The second-order valence-corrected chi connectivity index (χ2v) is 3.92. The molecule has 2 aromatic rings. The van der Waals surface area contributed by atoms with Crippen molar-refractivity contribution in [2.24, 2.45) is 0 Å². The number of aryl methyl sites for hydroxylation is 1. The molecule has 17 heavy (non-hydrogen) atoms. The Morgan fingerprint density at radius 3 is 2.76 bits per heavy atom. The summed E-state index contributed by atoms with van der Waals surface area (Å²) in [7, 11) is 0. The highest BCUT2D eigenvalue weighted by molar-refractivity contribution is 5.32. The van der Waals surface area contributed by atoms with Crippen molar-refractivity contribution < 1.29 is 5.11 Å². The van der Waals surface area contributed by atoms with Crippen molar-refractivity contribution >= 4 is 0 Å². The molecule has 0 radical (unpaired) electrons. The van der Waals surface area contributed by atoms with Crippen LogP contribution in [0.5, 0.6) is 0 Å². The number of hydrogen-bond donors (Lipinski definition) is 2. The van der Waals surface area contributed by atoms with Gasteiger partial charge in [-0.15, -0.1) is 0 Å². The molecule has 0 amide bonds. The molecule has 0 unspecified atom stereocenters. The Hall–Kier alpha value is -1.65. The molecule has 2 rings (SSSR count). The van der Waals surface area contributed by atoms with Crippen molar-refractivity contribution in [3.8, 4) is 5.69 Å². The Bertz CT molecular complexity index is 465. The van der Waals surface area contributed by atoms with Crippen LogP contribution in [-0.2, 0) is 6.54 Å². The first kappa shape index (κ1) is 11.8. The maximum atomic E-state index is 8.71. The number of nitrogens with zero attached hydrogens (tertiary/aromatic N) is 2. The molecule has 0 aliphatic carbocycles. The average Bonchev–Trinajstić information content (AvgIpc) is 2.73. The number of aliphatic hydroxyl groups is 1. The molecule has 4 heteroatoms. The van der Waals surface area contributed by atoms with Crippen LogP contribution in [0, 0.1) is 6.92 Å². The lowest BCUT2D eigenvalue weighted by molar-refractivity contribution is 0.292. The van der Waals surface area contributed by atoms with Gasteiger partial charge in [-0.2, -0.15) is 5.10 Å². The minimum Gasteiger partial charge on any atom is -0.395 e. The molecule has 0 saturated carbocycles. The van der Waals surface area contributed by atoms with Gasteiger partial charge in [-0.3, -0.25) is 0 Å². The van der Waals surface area contributed by atoms with E-state index in [9.17, 15) is 0 Å². The molecule has 0 atom stereocenters. The van der Waals surface area contributed by atoms with Gasteiger partial charge in [-0.25, -0.2) is 4.68 Å². The first-order chi connectivity index (χ1) is 8.31. The van der Waals surface area contributed by atoms with Crippen molar-refractivity contribution in [1.29, 1.82) is 0 Å². The number of rotatable bonds is 5. The van der Waals surface area contributed by atoms with E-state index in [2.05, 4.69) is 10.4 Å². The summed E-state index contributed by atoms with van der Waals surface area (Å²) in [6.07, 6.45) is 2.02. The third kappa shape index (κ3) is 2.93. The third-order valence-corrected chi connectivity index (χ3v) is 2.63. The molecule has 4 nitrogen and oxygen atoms in total. The predicted octanol–water partition coefficient (Wildman–Crippen LogP) is 1.26. The molecule has 0 aliphatic rings. The summed E-state index contributed by atoms with van der Waals surface area (Å²) >= 11 is 0. The van der Waals surface area contributed by atoms with E-state index in [4.69, 9.17) is 5.11 Å². The van der Waals surface area contributed by atoms with Crippen LogP contribution in [0.1, 0.15) is 11.3 Å². The van der Waals surface area contributed by atoms with Gasteiger partial charge < -0.3 is 10.4 Å². The SMILES string of the molecule is Cc1nn(-c2ccccc2)cc1CNCCO. The summed E-state index contributed by atoms with van der Waals surface area (Å²) in [5, 5.41) is 16.3. The van der Waals surface area contributed by atoms with Crippen LogP contribution >= 0.6 is 0 Å². The van der Waals surface area contributed by atoms with Crippen LogP contribution in [0.15, 0.2) is 36.5 Å². The van der Waals surface area contributed by atoms with E-state index in [-0.39, 0.29) is 6.61 Å². The summed E-state index contributed by atoms with van der Waals surface area (Å²) in [5.41, 5.74) is 3.23. The van der Waals surface area contributed by atoms with Crippen molar-refractivity contribution in [1.82, 2.24) is 15.1 Å². The Kier molecular flexibility index (Phi) is 3.90. The minimum atomic E-state index is 0.159. The largest absolute Gasteiger partial charge is 0.395 e. The van der Waals surface area contributed by atoms with E-state index in [1.54, 1.807) is 0 Å². The van der Waals surface area contributed by atoms with Gasteiger partial charge >= 0.3 is 0 Å². The maximum absolute atomic E-state index is 8.71. The zero-order chi connectivity index (χ0) is 12.1. The van der Waals surface area contributed by atoms with Gasteiger partial charge in [0.05, 0.1) is 18.0 Å². The maximum Gasteiger partial charge on any atom is 0.0645 e. The molecule has 1 aromatic heterocycles. The topological polar surface area (TPSA) is 50.1 Å². The average molecular weight is 231 g/mol. The van der Waals surface area contributed by atoms with Crippen molar-refractivity contribution in [3.05, 3.63) is 47.8 Å². The number of benzene rings is 1. The summed E-state index contributed by atoms with van der Waals surface area (Å²) in [6.45, 7) is 3.50. The molecule has 2 N–H and O–H groups in total. The van der Waals surface area contributed by atoms with E-state index in [1.807, 2.05) is 48.1 Å². The van der Waals surface area contributed by atoms with E-state index in [1.165, 1.54) is 0 Å². The van der Waals surface area contributed by atoms with Crippen LogP contribution in [-0.4, -0.2) is 28.0 Å². The molecule has 0 bridgehead atoms. The minimum absolute atomic E-state index is 0.159. The van der Waals surface area contributed by atoms with Gasteiger partial charge in [-0.05, 0) is 19.1 Å². The van der Waals surface area contributed by atoms with Gasteiger partial charge in [-0.1, -0.05) is 18.2 Å². The fourth-order valence-corrected chi connectivity index (χ4v) is 1.68. The number of aromatic nitrogens is 2. The number of hydrogen-bond acceptors (Lipinski definition) is 3. The standard InChI is InChI=1S/C13H17N3O/c1-11-12(9-14-7-8-17)10-16(15-11)13-5-3-2-4-6-13/h2-6,10,14,17H,7-9H2,1H3. The molecular weight excluding hydrogens is 214 g/mol. The van der Waals surface area contributed by atoms with Crippen LogP contribution in [0.3, 0.4) is 0 Å². The third-order valence-electron chi connectivity index (χ3n) is 2.63. The molecule has 0 saturated heterocycles. The first-order valence-corrected chi connectivity index (χ1v) is 5.73.